The van der Waals surface area contributed by atoms with Gasteiger partial charge >= 0.3 is 5.97 Å². The van der Waals surface area contributed by atoms with Gasteiger partial charge in [0.25, 0.3) is 0 Å². The van der Waals surface area contributed by atoms with Crippen LogP contribution in [0.15, 0.2) is 42.5 Å². The molecule has 0 spiro atoms. The highest BCUT2D eigenvalue weighted by Gasteiger charge is 2.11. The predicted molar refractivity (Wildman–Crippen MR) is 99.8 cm³/mol. The quantitative estimate of drug-likeness (QED) is 0.430. The van der Waals surface area contributed by atoms with Gasteiger partial charge in [0.05, 0.1) is 14.2 Å². The largest absolute Gasteiger partial charge is 0.497 e. The number of rotatable bonds is 7. The Morgan fingerprint density at radius 3 is 2.46 bits per heavy atom. The van der Waals surface area contributed by atoms with E-state index in [0.29, 0.717) is 22.6 Å². The lowest BCUT2D eigenvalue weighted by Gasteiger charge is -2.07. The van der Waals surface area contributed by atoms with Gasteiger partial charge < -0.3 is 14.2 Å². The highest BCUT2D eigenvalue weighted by atomic mass is 16.5. The fourth-order valence-corrected chi connectivity index (χ4v) is 2.43. The Morgan fingerprint density at radius 1 is 1.00 bits per heavy atom. The summed E-state index contributed by atoms with van der Waals surface area (Å²) in [5, 5.41) is 0. The monoisotopic (exact) mass is 354 g/mol. The van der Waals surface area contributed by atoms with Crippen LogP contribution < -0.4 is 9.47 Å². The molecule has 136 valence electrons. The Labute approximate surface area is 153 Å². The summed E-state index contributed by atoms with van der Waals surface area (Å²) in [5.74, 6) is 0.408. The molecule has 2 aromatic carbocycles. The van der Waals surface area contributed by atoms with E-state index in [0.717, 1.165) is 11.1 Å². The zero-order chi connectivity index (χ0) is 19.1. The lowest BCUT2D eigenvalue weighted by atomic mass is 10.0. The first-order valence-electron chi connectivity index (χ1n) is 8.12. The number of carbonyl (C=O) groups excluding carboxylic acids is 2. The molecule has 0 atom stereocenters. The van der Waals surface area contributed by atoms with Crippen LogP contribution in [-0.2, 0) is 9.53 Å². The standard InChI is InChI=1S/C21H22O5/c1-14-5-6-15(2)18(11-14)19(22)13-26-21(23)10-7-16-12-17(24-3)8-9-20(16)25-4/h5-12H,13H2,1-4H3/b10-7+. The molecule has 0 saturated heterocycles. The number of aryl methyl sites for hydroxylation is 2. The Kier molecular flexibility index (Phi) is 6.55. The van der Waals surface area contributed by atoms with Gasteiger partial charge in [0.15, 0.2) is 6.61 Å². The van der Waals surface area contributed by atoms with E-state index in [-0.39, 0.29) is 12.4 Å². The van der Waals surface area contributed by atoms with Crippen molar-refractivity contribution in [2.75, 3.05) is 20.8 Å². The highest BCUT2D eigenvalue weighted by molar-refractivity contribution is 6.00. The van der Waals surface area contributed by atoms with Crippen LogP contribution in [0, 0.1) is 13.8 Å². The minimum Gasteiger partial charge on any atom is -0.497 e. The molecule has 0 saturated carbocycles. The maximum atomic E-state index is 12.2. The predicted octanol–water partition coefficient (Wildman–Crippen LogP) is 3.76. The second-order valence-electron chi connectivity index (χ2n) is 5.79. The number of benzene rings is 2. The van der Waals surface area contributed by atoms with Gasteiger partial charge in [-0.25, -0.2) is 4.79 Å². The summed E-state index contributed by atoms with van der Waals surface area (Å²) in [6.07, 6.45) is 2.82. The SMILES string of the molecule is COc1ccc(OC)c(/C=C/C(=O)OCC(=O)c2cc(C)ccc2C)c1. The summed E-state index contributed by atoms with van der Waals surface area (Å²) in [6, 6.07) is 10.8. The van der Waals surface area contributed by atoms with Crippen molar-refractivity contribution in [3.8, 4) is 11.5 Å². The molecule has 0 N–H and O–H groups in total. The third-order valence-corrected chi connectivity index (χ3v) is 3.87. The zero-order valence-electron chi connectivity index (χ0n) is 15.4. The molecule has 0 fully saturated rings. The van der Waals surface area contributed by atoms with E-state index in [1.807, 2.05) is 26.0 Å². The second kappa shape index (κ2) is 8.85. The van der Waals surface area contributed by atoms with Gasteiger partial charge in [-0.15, -0.1) is 0 Å². The first-order chi connectivity index (χ1) is 12.4. The number of ketones is 1. The summed E-state index contributed by atoms with van der Waals surface area (Å²) >= 11 is 0. The van der Waals surface area contributed by atoms with E-state index in [1.165, 1.54) is 6.08 Å². The molecule has 5 heteroatoms. The molecule has 0 amide bonds. The van der Waals surface area contributed by atoms with Crippen LogP contribution in [0.1, 0.15) is 27.0 Å². The molecule has 26 heavy (non-hydrogen) atoms. The second-order valence-corrected chi connectivity index (χ2v) is 5.79. The smallest absolute Gasteiger partial charge is 0.331 e. The Hall–Kier alpha value is -3.08. The summed E-state index contributed by atoms with van der Waals surface area (Å²) in [4.78, 5) is 24.2. The minimum atomic E-state index is -0.603. The topological polar surface area (TPSA) is 61.8 Å². The van der Waals surface area contributed by atoms with Gasteiger partial charge in [0.2, 0.25) is 5.78 Å². The lowest BCUT2D eigenvalue weighted by molar-refractivity contribution is -0.136. The van der Waals surface area contributed by atoms with Gasteiger partial charge in [-0.1, -0.05) is 17.7 Å². The summed E-state index contributed by atoms with van der Waals surface area (Å²) in [5.41, 5.74) is 3.07. The van der Waals surface area contributed by atoms with Gasteiger partial charge in [-0.05, 0) is 49.8 Å². The fraction of sp³-hybridized carbons (Fsp3) is 0.238. The summed E-state index contributed by atoms with van der Waals surface area (Å²) in [7, 11) is 3.10. The highest BCUT2D eigenvalue weighted by Crippen LogP contribution is 2.25. The van der Waals surface area contributed by atoms with Gasteiger partial charge in [0.1, 0.15) is 11.5 Å². The third kappa shape index (κ3) is 4.96. The molecule has 5 nitrogen and oxygen atoms in total. The number of hydrogen-bond donors (Lipinski definition) is 0. The molecule has 0 aliphatic carbocycles. The van der Waals surface area contributed by atoms with E-state index in [9.17, 15) is 9.59 Å². The van der Waals surface area contributed by atoms with Gasteiger partial charge in [-0.2, -0.15) is 0 Å². The Balaban J connectivity index is 2.01. The first kappa shape index (κ1) is 19.2. The summed E-state index contributed by atoms with van der Waals surface area (Å²) in [6.45, 7) is 3.46. The van der Waals surface area contributed by atoms with Crippen molar-refractivity contribution < 1.29 is 23.8 Å². The van der Waals surface area contributed by atoms with E-state index >= 15 is 0 Å². The number of hydrogen-bond acceptors (Lipinski definition) is 5. The number of Topliss-reactive ketones (excluding diaryl/α,β-unsaturated/α-hetero) is 1. The number of esters is 1. The average molecular weight is 354 g/mol. The zero-order valence-corrected chi connectivity index (χ0v) is 15.4. The fourth-order valence-electron chi connectivity index (χ4n) is 2.43. The van der Waals surface area contributed by atoms with Crippen molar-refractivity contribution in [3.63, 3.8) is 0 Å². The first-order valence-corrected chi connectivity index (χ1v) is 8.12. The minimum absolute atomic E-state index is 0.230. The number of carbonyl (C=O) groups is 2. The van der Waals surface area contributed by atoms with Crippen LogP contribution in [-0.4, -0.2) is 32.6 Å². The molecule has 0 aliphatic heterocycles. The molecule has 0 unspecified atom stereocenters. The molecule has 0 bridgehead atoms. The lowest BCUT2D eigenvalue weighted by Crippen LogP contribution is -2.13. The van der Waals surface area contributed by atoms with Gasteiger partial charge in [-0.3, -0.25) is 4.79 Å². The molecule has 0 aliphatic rings. The number of ether oxygens (including phenoxy) is 3. The maximum absolute atomic E-state index is 12.2. The van der Waals surface area contributed by atoms with Crippen molar-refractivity contribution in [2.45, 2.75) is 13.8 Å². The normalized spacial score (nSPS) is 10.6. The van der Waals surface area contributed by atoms with Crippen molar-refractivity contribution in [2.24, 2.45) is 0 Å². The third-order valence-electron chi connectivity index (χ3n) is 3.87. The van der Waals surface area contributed by atoms with E-state index < -0.39 is 5.97 Å². The average Bonchev–Trinajstić information content (AvgIpc) is 2.65. The molecule has 2 aromatic rings. The summed E-state index contributed by atoms with van der Waals surface area (Å²) < 4.78 is 15.5. The van der Waals surface area contributed by atoms with E-state index in [4.69, 9.17) is 14.2 Å². The van der Waals surface area contributed by atoms with Crippen LogP contribution in [0.2, 0.25) is 0 Å². The van der Waals surface area contributed by atoms with Crippen molar-refractivity contribution in [1.29, 1.82) is 0 Å². The Bertz CT molecular complexity index is 836. The van der Waals surface area contributed by atoms with Crippen LogP contribution in [0.3, 0.4) is 0 Å². The van der Waals surface area contributed by atoms with Gasteiger partial charge in [0, 0.05) is 17.2 Å². The molecule has 0 aromatic heterocycles. The number of methoxy groups -OCH3 is 2. The van der Waals surface area contributed by atoms with Crippen LogP contribution in [0.4, 0.5) is 0 Å². The van der Waals surface area contributed by atoms with Crippen LogP contribution in [0.25, 0.3) is 6.08 Å². The van der Waals surface area contributed by atoms with Crippen molar-refractivity contribution in [1.82, 2.24) is 0 Å². The van der Waals surface area contributed by atoms with Crippen molar-refractivity contribution >= 4 is 17.8 Å². The molecule has 0 radical (unpaired) electrons. The van der Waals surface area contributed by atoms with E-state index in [2.05, 4.69) is 0 Å². The molecule has 2 rings (SSSR count). The molecule has 0 heterocycles. The maximum Gasteiger partial charge on any atom is 0.331 e. The van der Waals surface area contributed by atoms with Crippen LogP contribution >= 0.6 is 0 Å². The van der Waals surface area contributed by atoms with Crippen molar-refractivity contribution in [3.05, 3.63) is 64.7 Å². The molecular weight excluding hydrogens is 332 g/mol. The van der Waals surface area contributed by atoms with Crippen LogP contribution in [0.5, 0.6) is 11.5 Å². The Morgan fingerprint density at radius 2 is 1.77 bits per heavy atom. The van der Waals surface area contributed by atoms with E-state index in [1.54, 1.807) is 44.6 Å². The molecular formula is C21H22O5.